The first-order chi connectivity index (χ1) is 10.6. The molecular weight excluding hydrogens is 284 g/mol. The molecule has 1 aromatic carbocycles. The molecule has 22 heavy (non-hydrogen) atoms. The fraction of sp³-hybridized carbons (Fsp3) is 0.562. The van der Waals surface area contributed by atoms with E-state index in [9.17, 15) is 4.79 Å². The van der Waals surface area contributed by atoms with Gasteiger partial charge < -0.3 is 24.4 Å². The molecule has 0 radical (unpaired) electrons. The first-order valence-corrected chi connectivity index (χ1v) is 7.37. The molecule has 1 N–H and O–H groups in total. The quantitative estimate of drug-likeness (QED) is 0.901. The van der Waals surface area contributed by atoms with E-state index in [4.69, 9.17) is 14.2 Å². The van der Waals surface area contributed by atoms with Gasteiger partial charge >= 0.3 is 6.03 Å². The normalized spacial score (nSPS) is 15.0. The Balaban J connectivity index is 2.09. The third kappa shape index (κ3) is 3.62. The maximum Gasteiger partial charge on any atom is 0.317 e. The Labute approximate surface area is 131 Å². The van der Waals surface area contributed by atoms with Gasteiger partial charge in [0.1, 0.15) is 0 Å². The minimum absolute atomic E-state index is 0.00991. The van der Waals surface area contributed by atoms with Gasteiger partial charge in [0, 0.05) is 20.2 Å². The number of methoxy groups -OCH3 is 3. The lowest BCUT2D eigenvalue weighted by Gasteiger charge is -2.30. The number of carbonyl (C=O) groups excluding carboxylic acids is 1. The van der Waals surface area contributed by atoms with Crippen molar-refractivity contribution in [1.29, 1.82) is 0 Å². The van der Waals surface area contributed by atoms with Crippen molar-refractivity contribution in [3.63, 3.8) is 0 Å². The lowest BCUT2D eigenvalue weighted by molar-refractivity contribution is 0.157. The standard InChI is InChI=1S/C16H24N2O4/c1-11(10-20-2)17-16(19)18-6-5-12-7-14(21-3)15(22-4)8-13(12)9-18/h7-8,11H,5-6,9-10H2,1-4H3,(H,17,19)/t11-/m1/s1. The highest BCUT2D eigenvalue weighted by molar-refractivity contribution is 5.75. The van der Waals surface area contributed by atoms with Crippen LogP contribution in [-0.2, 0) is 17.7 Å². The van der Waals surface area contributed by atoms with Crippen molar-refractivity contribution >= 4 is 6.03 Å². The van der Waals surface area contributed by atoms with Crippen LogP contribution in [0.1, 0.15) is 18.1 Å². The molecule has 2 amide bonds. The van der Waals surface area contributed by atoms with Gasteiger partial charge in [-0.05, 0) is 36.6 Å². The van der Waals surface area contributed by atoms with Crippen LogP contribution in [0.25, 0.3) is 0 Å². The molecule has 6 heteroatoms. The fourth-order valence-electron chi connectivity index (χ4n) is 2.65. The van der Waals surface area contributed by atoms with Crippen LogP contribution in [0.2, 0.25) is 0 Å². The number of hydrogen-bond donors (Lipinski definition) is 1. The molecule has 0 saturated heterocycles. The second-order valence-corrected chi connectivity index (χ2v) is 5.45. The maximum absolute atomic E-state index is 12.3. The number of benzene rings is 1. The summed E-state index contributed by atoms with van der Waals surface area (Å²) in [5.74, 6) is 1.42. The summed E-state index contributed by atoms with van der Waals surface area (Å²) in [5.41, 5.74) is 2.30. The van der Waals surface area contributed by atoms with Crippen LogP contribution in [-0.4, -0.2) is 51.5 Å². The molecule has 1 aromatic rings. The molecule has 0 unspecified atom stereocenters. The van der Waals surface area contributed by atoms with Crippen molar-refractivity contribution in [3.05, 3.63) is 23.3 Å². The largest absolute Gasteiger partial charge is 0.493 e. The molecule has 0 fully saturated rings. The van der Waals surface area contributed by atoms with Crippen LogP contribution >= 0.6 is 0 Å². The Kier molecular flexibility index (Phi) is 5.49. The molecule has 1 aliphatic rings. The maximum atomic E-state index is 12.3. The lowest BCUT2D eigenvalue weighted by atomic mass is 9.99. The zero-order valence-corrected chi connectivity index (χ0v) is 13.6. The number of rotatable bonds is 5. The van der Waals surface area contributed by atoms with Crippen LogP contribution in [0.4, 0.5) is 4.79 Å². The minimum atomic E-state index is -0.0648. The molecule has 1 heterocycles. The van der Waals surface area contributed by atoms with Gasteiger partial charge in [-0.25, -0.2) is 4.79 Å². The second kappa shape index (κ2) is 7.35. The van der Waals surface area contributed by atoms with E-state index >= 15 is 0 Å². The molecule has 0 aliphatic carbocycles. The van der Waals surface area contributed by atoms with Crippen molar-refractivity contribution in [1.82, 2.24) is 10.2 Å². The zero-order valence-electron chi connectivity index (χ0n) is 13.6. The average Bonchev–Trinajstić information content (AvgIpc) is 2.52. The number of fused-ring (bicyclic) bond motifs is 1. The van der Waals surface area contributed by atoms with Crippen LogP contribution in [0.15, 0.2) is 12.1 Å². The van der Waals surface area contributed by atoms with Crippen LogP contribution in [0, 0.1) is 0 Å². The number of hydrogen-bond acceptors (Lipinski definition) is 4. The monoisotopic (exact) mass is 308 g/mol. The first-order valence-electron chi connectivity index (χ1n) is 7.37. The van der Waals surface area contributed by atoms with E-state index in [1.54, 1.807) is 26.2 Å². The average molecular weight is 308 g/mol. The van der Waals surface area contributed by atoms with Gasteiger partial charge in [0.2, 0.25) is 0 Å². The van der Waals surface area contributed by atoms with Crippen LogP contribution in [0.3, 0.4) is 0 Å². The fourth-order valence-corrected chi connectivity index (χ4v) is 2.65. The van der Waals surface area contributed by atoms with E-state index in [-0.39, 0.29) is 12.1 Å². The number of carbonyl (C=O) groups is 1. The summed E-state index contributed by atoms with van der Waals surface area (Å²) < 4.78 is 15.7. The molecule has 6 nitrogen and oxygen atoms in total. The van der Waals surface area contributed by atoms with Crippen molar-refractivity contribution in [2.45, 2.75) is 25.9 Å². The van der Waals surface area contributed by atoms with Crippen molar-refractivity contribution in [3.8, 4) is 11.5 Å². The van der Waals surface area contributed by atoms with E-state index in [1.807, 2.05) is 19.1 Å². The minimum Gasteiger partial charge on any atom is -0.493 e. The second-order valence-electron chi connectivity index (χ2n) is 5.45. The Bertz CT molecular complexity index is 533. The molecule has 1 aliphatic heterocycles. The van der Waals surface area contributed by atoms with E-state index < -0.39 is 0 Å². The molecule has 0 spiro atoms. The van der Waals surface area contributed by atoms with Gasteiger partial charge in [-0.1, -0.05) is 0 Å². The lowest BCUT2D eigenvalue weighted by Crippen LogP contribution is -2.47. The predicted molar refractivity (Wildman–Crippen MR) is 83.5 cm³/mol. The highest BCUT2D eigenvalue weighted by Crippen LogP contribution is 2.33. The van der Waals surface area contributed by atoms with Crippen molar-refractivity contribution in [2.75, 3.05) is 34.5 Å². The first kappa shape index (κ1) is 16.4. The summed E-state index contributed by atoms with van der Waals surface area (Å²) in [7, 11) is 4.87. The molecule has 0 saturated carbocycles. The summed E-state index contributed by atoms with van der Waals surface area (Å²) >= 11 is 0. The Morgan fingerprint density at radius 2 is 1.86 bits per heavy atom. The third-order valence-electron chi connectivity index (χ3n) is 3.79. The molecule has 0 bridgehead atoms. The predicted octanol–water partition coefficient (Wildman–Crippen LogP) is 1.81. The molecule has 122 valence electrons. The Morgan fingerprint density at radius 3 is 2.45 bits per heavy atom. The van der Waals surface area contributed by atoms with E-state index in [1.165, 1.54) is 5.56 Å². The van der Waals surface area contributed by atoms with Crippen molar-refractivity contribution in [2.24, 2.45) is 0 Å². The number of amides is 2. The molecular formula is C16H24N2O4. The summed E-state index contributed by atoms with van der Waals surface area (Å²) in [4.78, 5) is 14.1. The highest BCUT2D eigenvalue weighted by atomic mass is 16.5. The summed E-state index contributed by atoms with van der Waals surface area (Å²) in [6.07, 6.45) is 0.807. The number of nitrogens with one attached hydrogen (secondary N) is 1. The van der Waals surface area contributed by atoms with E-state index in [0.717, 1.165) is 17.7 Å². The van der Waals surface area contributed by atoms with Crippen LogP contribution < -0.4 is 14.8 Å². The number of nitrogens with zero attached hydrogens (tertiary/aromatic N) is 1. The van der Waals surface area contributed by atoms with Gasteiger partial charge in [-0.3, -0.25) is 0 Å². The Hall–Kier alpha value is -1.95. The smallest absolute Gasteiger partial charge is 0.317 e. The SMILES string of the molecule is COC[C@@H](C)NC(=O)N1CCc2cc(OC)c(OC)cc2C1. The summed E-state index contributed by atoms with van der Waals surface area (Å²) in [6.45, 7) is 3.68. The molecule has 2 rings (SSSR count). The summed E-state index contributed by atoms with van der Waals surface area (Å²) in [5, 5.41) is 2.94. The number of ether oxygens (including phenoxy) is 3. The zero-order chi connectivity index (χ0) is 16.1. The highest BCUT2D eigenvalue weighted by Gasteiger charge is 2.23. The Morgan fingerprint density at radius 1 is 1.23 bits per heavy atom. The van der Waals surface area contributed by atoms with Gasteiger partial charge in [0.25, 0.3) is 0 Å². The molecule has 1 atom stereocenters. The third-order valence-corrected chi connectivity index (χ3v) is 3.79. The molecule has 0 aromatic heterocycles. The van der Waals surface area contributed by atoms with Gasteiger partial charge in [-0.15, -0.1) is 0 Å². The van der Waals surface area contributed by atoms with Gasteiger partial charge in [-0.2, -0.15) is 0 Å². The van der Waals surface area contributed by atoms with E-state index in [2.05, 4.69) is 5.32 Å². The topological polar surface area (TPSA) is 60.0 Å². The number of urea groups is 1. The van der Waals surface area contributed by atoms with Crippen molar-refractivity contribution < 1.29 is 19.0 Å². The van der Waals surface area contributed by atoms with Gasteiger partial charge in [0.05, 0.1) is 26.9 Å². The summed E-state index contributed by atoms with van der Waals surface area (Å²) in [6, 6.07) is 3.87. The van der Waals surface area contributed by atoms with E-state index in [0.29, 0.717) is 25.4 Å². The van der Waals surface area contributed by atoms with Gasteiger partial charge in [0.15, 0.2) is 11.5 Å². The van der Waals surface area contributed by atoms with Crippen LogP contribution in [0.5, 0.6) is 11.5 Å².